The molecule has 1 fully saturated rings. The second-order valence-electron chi connectivity index (χ2n) is 5.16. The lowest BCUT2D eigenvalue weighted by Crippen LogP contribution is -2.30. The third kappa shape index (κ3) is 8.03. The topological polar surface area (TPSA) is 50.7 Å². The fourth-order valence-electron chi connectivity index (χ4n) is 2.15. The first-order chi connectivity index (χ1) is 8.83. The Hall–Kier alpha value is -0.160. The number of aliphatic hydroxyl groups excluding tert-OH is 1. The fraction of sp³-hybridized carbons (Fsp3) is 1.00. The van der Waals surface area contributed by atoms with E-state index in [-0.39, 0.29) is 0 Å². The molecule has 0 saturated carbocycles. The van der Waals surface area contributed by atoms with Crippen LogP contribution in [-0.4, -0.2) is 50.7 Å². The highest BCUT2D eigenvalue weighted by atomic mass is 16.5. The van der Waals surface area contributed by atoms with Gasteiger partial charge in [-0.3, -0.25) is 0 Å². The van der Waals surface area contributed by atoms with E-state index in [1.54, 1.807) is 0 Å². The van der Waals surface area contributed by atoms with Crippen LogP contribution in [0.5, 0.6) is 0 Å². The Balaban J connectivity index is 1.86. The second kappa shape index (κ2) is 10.7. The number of nitrogens with one attached hydrogen (secondary N) is 1. The first kappa shape index (κ1) is 15.9. The molecule has 2 N–H and O–H groups in total. The van der Waals surface area contributed by atoms with E-state index in [4.69, 9.17) is 9.47 Å². The van der Waals surface area contributed by atoms with Crippen LogP contribution in [0.4, 0.5) is 0 Å². The molecule has 18 heavy (non-hydrogen) atoms. The SMILES string of the molecule is CCCCOCC(O)COCCC1CCCNC1. The molecule has 4 heteroatoms. The van der Waals surface area contributed by atoms with Crippen LogP contribution < -0.4 is 5.32 Å². The molecule has 2 unspecified atom stereocenters. The first-order valence-electron chi connectivity index (χ1n) is 7.37. The van der Waals surface area contributed by atoms with Gasteiger partial charge in [0.1, 0.15) is 6.10 Å². The molecule has 0 aromatic rings. The summed E-state index contributed by atoms with van der Waals surface area (Å²) in [6.45, 7) is 6.68. The van der Waals surface area contributed by atoms with Crippen molar-refractivity contribution in [2.75, 3.05) is 39.5 Å². The summed E-state index contributed by atoms with van der Waals surface area (Å²) in [6, 6.07) is 0. The molecule has 4 nitrogen and oxygen atoms in total. The summed E-state index contributed by atoms with van der Waals surface area (Å²) in [5.74, 6) is 0.747. The van der Waals surface area contributed by atoms with E-state index in [0.29, 0.717) is 13.2 Å². The quantitative estimate of drug-likeness (QED) is 0.585. The van der Waals surface area contributed by atoms with Gasteiger partial charge in [-0.2, -0.15) is 0 Å². The molecule has 0 spiro atoms. The highest BCUT2D eigenvalue weighted by Gasteiger charge is 2.12. The summed E-state index contributed by atoms with van der Waals surface area (Å²) in [7, 11) is 0. The Kier molecular flexibility index (Phi) is 9.48. The van der Waals surface area contributed by atoms with Crippen molar-refractivity contribution in [3.05, 3.63) is 0 Å². The Morgan fingerprint density at radius 3 is 2.72 bits per heavy atom. The van der Waals surface area contributed by atoms with E-state index in [2.05, 4.69) is 12.2 Å². The van der Waals surface area contributed by atoms with Crippen molar-refractivity contribution in [2.45, 2.75) is 45.1 Å². The van der Waals surface area contributed by atoms with Gasteiger partial charge in [-0.15, -0.1) is 0 Å². The zero-order valence-corrected chi connectivity index (χ0v) is 11.7. The van der Waals surface area contributed by atoms with Crippen LogP contribution in [0, 0.1) is 5.92 Å². The molecule has 0 aliphatic carbocycles. The van der Waals surface area contributed by atoms with Crippen molar-refractivity contribution in [3.63, 3.8) is 0 Å². The smallest absolute Gasteiger partial charge is 0.101 e. The van der Waals surface area contributed by atoms with Gasteiger partial charge in [0.15, 0.2) is 0 Å². The van der Waals surface area contributed by atoms with Crippen LogP contribution >= 0.6 is 0 Å². The molecular weight excluding hydrogens is 230 g/mol. The lowest BCUT2D eigenvalue weighted by molar-refractivity contribution is -0.0218. The van der Waals surface area contributed by atoms with E-state index in [1.807, 2.05) is 0 Å². The van der Waals surface area contributed by atoms with Gasteiger partial charge in [-0.05, 0) is 44.7 Å². The summed E-state index contributed by atoms with van der Waals surface area (Å²) >= 11 is 0. The maximum atomic E-state index is 9.62. The molecule has 0 aromatic heterocycles. The molecule has 0 radical (unpaired) electrons. The van der Waals surface area contributed by atoms with Gasteiger partial charge in [-0.1, -0.05) is 13.3 Å². The molecule has 1 rings (SSSR count). The third-order valence-electron chi connectivity index (χ3n) is 3.33. The highest BCUT2D eigenvalue weighted by Crippen LogP contribution is 2.13. The predicted octanol–water partition coefficient (Wildman–Crippen LogP) is 1.57. The van der Waals surface area contributed by atoms with Gasteiger partial charge in [0.05, 0.1) is 13.2 Å². The second-order valence-corrected chi connectivity index (χ2v) is 5.16. The van der Waals surface area contributed by atoms with Crippen molar-refractivity contribution < 1.29 is 14.6 Å². The number of ether oxygens (including phenoxy) is 2. The maximum Gasteiger partial charge on any atom is 0.101 e. The van der Waals surface area contributed by atoms with E-state index in [0.717, 1.165) is 51.5 Å². The average molecular weight is 259 g/mol. The van der Waals surface area contributed by atoms with Crippen molar-refractivity contribution in [1.29, 1.82) is 0 Å². The van der Waals surface area contributed by atoms with Crippen LogP contribution in [0.1, 0.15) is 39.0 Å². The number of aliphatic hydroxyl groups is 1. The minimum absolute atomic E-state index is 0.394. The molecular formula is C14H29NO3. The zero-order chi connectivity index (χ0) is 13.1. The van der Waals surface area contributed by atoms with E-state index >= 15 is 0 Å². The standard InChI is InChI=1S/C14H29NO3/c1-2-3-8-17-11-14(16)12-18-9-6-13-5-4-7-15-10-13/h13-16H,2-12H2,1H3. The molecule has 1 heterocycles. The minimum atomic E-state index is -0.480. The summed E-state index contributed by atoms with van der Waals surface area (Å²) in [4.78, 5) is 0. The van der Waals surface area contributed by atoms with Crippen LogP contribution in [0.3, 0.4) is 0 Å². The van der Waals surface area contributed by atoms with Gasteiger partial charge in [0.2, 0.25) is 0 Å². The van der Waals surface area contributed by atoms with Crippen molar-refractivity contribution in [2.24, 2.45) is 5.92 Å². The maximum absolute atomic E-state index is 9.62. The molecule has 1 aliphatic rings. The molecule has 1 saturated heterocycles. The number of rotatable bonds is 10. The van der Waals surface area contributed by atoms with E-state index in [9.17, 15) is 5.11 Å². The van der Waals surface area contributed by atoms with Crippen LogP contribution in [0.2, 0.25) is 0 Å². The van der Waals surface area contributed by atoms with Gasteiger partial charge >= 0.3 is 0 Å². The van der Waals surface area contributed by atoms with Gasteiger partial charge in [-0.25, -0.2) is 0 Å². The lowest BCUT2D eigenvalue weighted by atomic mass is 9.97. The Morgan fingerprint density at radius 1 is 1.28 bits per heavy atom. The molecule has 1 aliphatic heterocycles. The lowest BCUT2D eigenvalue weighted by Gasteiger charge is -2.22. The molecule has 0 bridgehead atoms. The van der Waals surface area contributed by atoms with Crippen molar-refractivity contribution >= 4 is 0 Å². The minimum Gasteiger partial charge on any atom is -0.388 e. The fourth-order valence-corrected chi connectivity index (χ4v) is 2.15. The van der Waals surface area contributed by atoms with E-state index < -0.39 is 6.10 Å². The largest absolute Gasteiger partial charge is 0.388 e. The van der Waals surface area contributed by atoms with E-state index in [1.165, 1.54) is 12.8 Å². The van der Waals surface area contributed by atoms with Gasteiger partial charge < -0.3 is 19.9 Å². The number of piperidine rings is 1. The first-order valence-corrected chi connectivity index (χ1v) is 7.37. The Labute approximate surface area is 111 Å². The summed E-state index contributed by atoms with van der Waals surface area (Å²) in [5.41, 5.74) is 0. The third-order valence-corrected chi connectivity index (χ3v) is 3.33. The Bertz CT molecular complexity index is 184. The summed E-state index contributed by atoms with van der Waals surface area (Å²) < 4.78 is 10.8. The van der Waals surface area contributed by atoms with Gasteiger partial charge in [0.25, 0.3) is 0 Å². The highest BCUT2D eigenvalue weighted by molar-refractivity contribution is 4.68. The number of hydrogen-bond acceptors (Lipinski definition) is 4. The number of unbranched alkanes of at least 4 members (excludes halogenated alkanes) is 1. The summed E-state index contributed by atoms with van der Waals surface area (Å²) in [6.07, 6.45) is 5.38. The molecule has 0 aromatic carbocycles. The average Bonchev–Trinajstić information content (AvgIpc) is 2.41. The van der Waals surface area contributed by atoms with Crippen LogP contribution in [-0.2, 0) is 9.47 Å². The normalized spacial score (nSPS) is 22.0. The summed E-state index contributed by atoms with van der Waals surface area (Å²) in [5, 5.41) is 13.0. The van der Waals surface area contributed by atoms with Crippen LogP contribution in [0.15, 0.2) is 0 Å². The van der Waals surface area contributed by atoms with Gasteiger partial charge in [0, 0.05) is 13.2 Å². The van der Waals surface area contributed by atoms with Crippen LogP contribution in [0.25, 0.3) is 0 Å². The zero-order valence-electron chi connectivity index (χ0n) is 11.7. The predicted molar refractivity (Wildman–Crippen MR) is 72.8 cm³/mol. The van der Waals surface area contributed by atoms with Crippen molar-refractivity contribution in [3.8, 4) is 0 Å². The molecule has 0 amide bonds. The molecule has 108 valence electrons. The molecule has 2 atom stereocenters. The number of hydrogen-bond donors (Lipinski definition) is 2. The van der Waals surface area contributed by atoms with Crippen molar-refractivity contribution in [1.82, 2.24) is 5.32 Å². The monoisotopic (exact) mass is 259 g/mol. The Morgan fingerprint density at radius 2 is 2.06 bits per heavy atom.